The third-order valence-corrected chi connectivity index (χ3v) is 3.40. The largest absolute Gasteiger partial charge is 0.364 e. The van der Waals surface area contributed by atoms with E-state index in [0.29, 0.717) is 5.69 Å². The lowest BCUT2D eigenvalue weighted by molar-refractivity contribution is 0.0994. The number of primary amides is 1. The summed E-state index contributed by atoms with van der Waals surface area (Å²) in [4.78, 5) is 11.6. The molecule has 0 aliphatic heterocycles. The Morgan fingerprint density at radius 2 is 1.57 bits per heavy atom. The highest BCUT2D eigenvalue weighted by atomic mass is 16.1. The molecule has 4 heteroatoms. The summed E-state index contributed by atoms with van der Waals surface area (Å²) >= 11 is 0. The molecule has 21 heavy (non-hydrogen) atoms. The molecule has 0 saturated heterocycles. The number of nitrogens with two attached hydrogens (primary N) is 1. The number of hydrogen-bond acceptors (Lipinski definition) is 2. The van der Waals surface area contributed by atoms with E-state index in [-0.39, 0.29) is 0 Å². The van der Waals surface area contributed by atoms with Crippen molar-refractivity contribution in [1.29, 1.82) is 0 Å². The molecule has 3 rings (SSSR count). The maximum Gasteiger partial charge on any atom is 0.269 e. The molecular weight excluding hydrogens is 262 g/mol. The van der Waals surface area contributed by atoms with Crippen LogP contribution in [0.15, 0.2) is 60.7 Å². The Morgan fingerprint density at radius 1 is 1.00 bits per heavy atom. The van der Waals surface area contributed by atoms with Crippen LogP contribution >= 0.6 is 0 Å². The average molecular weight is 277 g/mol. The van der Waals surface area contributed by atoms with Crippen LogP contribution in [0.5, 0.6) is 0 Å². The van der Waals surface area contributed by atoms with Crippen molar-refractivity contribution in [1.82, 2.24) is 9.78 Å². The molecule has 1 amide bonds. The van der Waals surface area contributed by atoms with E-state index in [9.17, 15) is 4.79 Å². The van der Waals surface area contributed by atoms with Gasteiger partial charge in [-0.05, 0) is 19.1 Å². The van der Waals surface area contributed by atoms with Crippen LogP contribution in [0.4, 0.5) is 0 Å². The van der Waals surface area contributed by atoms with E-state index in [1.807, 2.05) is 67.6 Å². The maximum atomic E-state index is 11.6. The van der Waals surface area contributed by atoms with Crippen LogP contribution in [0.3, 0.4) is 0 Å². The third-order valence-electron chi connectivity index (χ3n) is 3.40. The lowest BCUT2D eigenvalue weighted by atomic mass is 10.1. The molecule has 0 spiro atoms. The maximum absolute atomic E-state index is 11.6. The predicted octanol–water partition coefficient (Wildman–Crippen LogP) is 2.95. The first-order valence-electron chi connectivity index (χ1n) is 6.68. The number of amides is 1. The Hall–Kier alpha value is -2.88. The van der Waals surface area contributed by atoms with Crippen molar-refractivity contribution < 1.29 is 4.79 Å². The van der Waals surface area contributed by atoms with Crippen molar-refractivity contribution in [2.45, 2.75) is 6.92 Å². The molecule has 1 aromatic heterocycles. The molecular formula is C17H15N3O. The van der Waals surface area contributed by atoms with E-state index in [2.05, 4.69) is 5.10 Å². The highest BCUT2D eigenvalue weighted by Gasteiger charge is 2.19. The van der Waals surface area contributed by atoms with Crippen LogP contribution in [0.25, 0.3) is 16.9 Å². The molecule has 0 fully saturated rings. The molecule has 3 aromatic rings. The van der Waals surface area contributed by atoms with Gasteiger partial charge in [0.2, 0.25) is 0 Å². The van der Waals surface area contributed by atoms with E-state index >= 15 is 0 Å². The molecule has 2 N–H and O–H groups in total. The first-order valence-corrected chi connectivity index (χ1v) is 6.68. The normalized spacial score (nSPS) is 10.5. The lowest BCUT2D eigenvalue weighted by Crippen LogP contribution is -2.13. The Morgan fingerprint density at radius 3 is 2.14 bits per heavy atom. The van der Waals surface area contributed by atoms with Crippen LogP contribution in [0.1, 0.15) is 16.1 Å². The van der Waals surface area contributed by atoms with E-state index in [4.69, 9.17) is 5.73 Å². The fourth-order valence-corrected chi connectivity index (χ4v) is 2.42. The molecule has 0 saturated carbocycles. The number of aromatic nitrogens is 2. The van der Waals surface area contributed by atoms with Gasteiger partial charge in [-0.3, -0.25) is 4.79 Å². The van der Waals surface area contributed by atoms with Crippen molar-refractivity contribution in [3.8, 4) is 16.9 Å². The Labute approximate surface area is 122 Å². The third kappa shape index (κ3) is 2.31. The van der Waals surface area contributed by atoms with Crippen LogP contribution < -0.4 is 5.73 Å². The van der Waals surface area contributed by atoms with Gasteiger partial charge in [-0.25, -0.2) is 4.68 Å². The molecule has 4 nitrogen and oxygen atoms in total. The van der Waals surface area contributed by atoms with Gasteiger partial charge >= 0.3 is 0 Å². The fourth-order valence-electron chi connectivity index (χ4n) is 2.42. The van der Waals surface area contributed by atoms with Gasteiger partial charge in [0, 0.05) is 11.1 Å². The van der Waals surface area contributed by atoms with Gasteiger partial charge in [-0.2, -0.15) is 5.10 Å². The Balaban J connectivity index is 2.29. The van der Waals surface area contributed by atoms with Gasteiger partial charge in [-0.15, -0.1) is 0 Å². The van der Waals surface area contributed by atoms with E-state index < -0.39 is 5.91 Å². The molecule has 2 aromatic carbocycles. The fraction of sp³-hybridized carbons (Fsp3) is 0.0588. The number of carbonyl (C=O) groups is 1. The van der Waals surface area contributed by atoms with Gasteiger partial charge in [-0.1, -0.05) is 48.5 Å². The smallest absolute Gasteiger partial charge is 0.269 e. The van der Waals surface area contributed by atoms with Crippen LogP contribution in [0.2, 0.25) is 0 Å². The second-order valence-electron chi connectivity index (χ2n) is 4.80. The minimum Gasteiger partial charge on any atom is -0.364 e. The quantitative estimate of drug-likeness (QED) is 0.800. The van der Waals surface area contributed by atoms with Gasteiger partial charge in [0.15, 0.2) is 5.69 Å². The van der Waals surface area contributed by atoms with Crippen molar-refractivity contribution in [2.75, 3.05) is 0 Å². The molecule has 1 heterocycles. The number of carbonyl (C=O) groups excluding carboxylic acids is 1. The van der Waals surface area contributed by atoms with Gasteiger partial charge in [0.25, 0.3) is 5.91 Å². The van der Waals surface area contributed by atoms with Crippen molar-refractivity contribution in [2.24, 2.45) is 5.73 Å². The molecule has 104 valence electrons. The average Bonchev–Trinajstić information content (AvgIpc) is 2.87. The molecule has 0 aliphatic carbocycles. The monoisotopic (exact) mass is 277 g/mol. The molecule has 0 radical (unpaired) electrons. The highest BCUT2D eigenvalue weighted by molar-refractivity contribution is 5.94. The Bertz CT molecular complexity index is 777. The Kier molecular flexibility index (Phi) is 3.28. The van der Waals surface area contributed by atoms with E-state index in [1.165, 1.54) is 0 Å². The van der Waals surface area contributed by atoms with Gasteiger partial charge < -0.3 is 5.73 Å². The first-order chi connectivity index (χ1) is 10.2. The lowest BCUT2D eigenvalue weighted by Gasteiger charge is -2.08. The van der Waals surface area contributed by atoms with Crippen molar-refractivity contribution >= 4 is 5.91 Å². The van der Waals surface area contributed by atoms with Crippen molar-refractivity contribution in [3.63, 3.8) is 0 Å². The van der Waals surface area contributed by atoms with Gasteiger partial charge in [0.1, 0.15) is 0 Å². The summed E-state index contributed by atoms with van der Waals surface area (Å²) in [5, 5.41) is 4.40. The topological polar surface area (TPSA) is 60.9 Å². The van der Waals surface area contributed by atoms with Crippen LogP contribution in [-0.4, -0.2) is 15.7 Å². The predicted molar refractivity (Wildman–Crippen MR) is 82.3 cm³/mol. The van der Waals surface area contributed by atoms with Crippen LogP contribution in [-0.2, 0) is 0 Å². The summed E-state index contributed by atoms with van der Waals surface area (Å²) in [6.45, 7) is 1.87. The number of nitrogens with zero attached hydrogens (tertiary/aromatic N) is 2. The zero-order valence-electron chi connectivity index (χ0n) is 11.7. The van der Waals surface area contributed by atoms with E-state index in [0.717, 1.165) is 22.5 Å². The number of hydrogen-bond donors (Lipinski definition) is 1. The zero-order valence-corrected chi connectivity index (χ0v) is 11.7. The summed E-state index contributed by atoms with van der Waals surface area (Å²) in [5.41, 5.74) is 9.31. The minimum absolute atomic E-state index is 0.303. The van der Waals surface area contributed by atoms with E-state index in [1.54, 1.807) is 4.68 Å². The summed E-state index contributed by atoms with van der Waals surface area (Å²) in [6, 6.07) is 19.6. The highest BCUT2D eigenvalue weighted by Crippen LogP contribution is 2.28. The number of para-hydroxylation sites is 1. The number of rotatable bonds is 3. The molecule has 0 atom stereocenters. The molecule has 0 unspecified atom stereocenters. The molecule has 0 bridgehead atoms. The zero-order chi connectivity index (χ0) is 14.8. The summed E-state index contributed by atoms with van der Waals surface area (Å²) in [7, 11) is 0. The number of benzene rings is 2. The second kappa shape index (κ2) is 5.25. The summed E-state index contributed by atoms with van der Waals surface area (Å²) in [6.07, 6.45) is 0. The standard InChI is InChI=1S/C17H15N3O/c1-12-15(17(18)21)19-20(14-10-6-3-7-11-14)16(12)13-8-4-2-5-9-13/h2-11H,1H3,(H2,18,21). The molecule has 0 aliphatic rings. The van der Waals surface area contributed by atoms with Crippen molar-refractivity contribution in [3.05, 3.63) is 71.9 Å². The second-order valence-corrected chi connectivity index (χ2v) is 4.80. The first kappa shape index (κ1) is 13.1. The summed E-state index contributed by atoms with van der Waals surface area (Å²) in [5.74, 6) is -0.514. The minimum atomic E-state index is -0.514. The summed E-state index contributed by atoms with van der Waals surface area (Å²) < 4.78 is 1.77. The van der Waals surface area contributed by atoms with Gasteiger partial charge in [0.05, 0.1) is 11.4 Å². The van der Waals surface area contributed by atoms with Crippen LogP contribution in [0, 0.1) is 6.92 Å². The SMILES string of the molecule is Cc1c(C(N)=O)nn(-c2ccccc2)c1-c1ccccc1.